The molecule has 1 N–H and O–H groups in total. The van der Waals surface area contributed by atoms with Crippen molar-refractivity contribution in [1.29, 1.82) is 0 Å². The molecule has 1 heterocycles. The summed E-state index contributed by atoms with van der Waals surface area (Å²) in [6.07, 6.45) is 3.09. The lowest BCUT2D eigenvalue weighted by atomic mass is 10.2. The zero-order valence-corrected chi connectivity index (χ0v) is 6.46. The van der Waals surface area contributed by atoms with Crippen molar-refractivity contribution in [2.24, 2.45) is 4.99 Å². The number of imidazole rings is 1. The summed E-state index contributed by atoms with van der Waals surface area (Å²) in [7, 11) is 0. The van der Waals surface area contributed by atoms with Crippen molar-refractivity contribution >= 4 is 6.08 Å². The molecular weight excluding hydrogens is 142 g/mol. The highest BCUT2D eigenvalue weighted by Crippen LogP contribution is 2.15. The Hall–Kier alpha value is -1.41. The molecule has 4 heteroatoms. The SMILES string of the molecule is Cc1[nH]cnc1C(C)N=C=O. The van der Waals surface area contributed by atoms with Crippen LogP contribution in [0.3, 0.4) is 0 Å². The lowest BCUT2D eigenvalue weighted by molar-refractivity contribution is 0.559. The molecule has 0 radical (unpaired) electrons. The van der Waals surface area contributed by atoms with E-state index in [1.54, 1.807) is 13.3 Å². The quantitative estimate of drug-likeness (QED) is 0.508. The van der Waals surface area contributed by atoms with Gasteiger partial charge in [0.1, 0.15) is 6.04 Å². The molecule has 1 aromatic rings. The Kier molecular flexibility index (Phi) is 2.18. The fourth-order valence-electron chi connectivity index (χ4n) is 0.931. The molecule has 1 atom stereocenters. The van der Waals surface area contributed by atoms with Crippen LogP contribution in [0.4, 0.5) is 0 Å². The summed E-state index contributed by atoms with van der Waals surface area (Å²) in [6, 6.07) is -0.196. The molecule has 58 valence electrons. The highest BCUT2D eigenvalue weighted by atomic mass is 16.1. The lowest BCUT2D eigenvalue weighted by Gasteiger charge is -1.98. The highest BCUT2D eigenvalue weighted by molar-refractivity contribution is 5.34. The second-order valence-corrected chi connectivity index (χ2v) is 2.31. The molecule has 0 aliphatic heterocycles. The number of aryl methyl sites for hydroxylation is 1. The number of aromatic nitrogens is 2. The molecule has 0 spiro atoms. The van der Waals surface area contributed by atoms with Gasteiger partial charge in [-0.2, -0.15) is 4.99 Å². The van der Waals surface area contributed by atoms with Crippen LogP contribution >= 0.6 is 0 Å². The van der Waals surface area contributed by atoms with Crippen LogP contribution in [0.5, 0.6) is 0 Å². The van der Waals surface area contributed by atoms with Crippen LogP contribution in [0.2, 0.25) is 0 Å². The molecule has 0 saturated heterocycles. The van der Waals surface area contributed by atoms with Gasteiger partial charge < -0.3 is 4.98 Å². The van der Waals surface area contributed by atoms with Crippen molar-refractivity contribution < 1.29 is 4.79 Å². The minimum atomic E-state index is -0.196. The number of hydrogen-bond acceptors (Lipinski definition) is 3. The van der Waals surface area contributed by atoms with Gasteiger partial charge in [0.15, 0.2) is 0 Å². The first-order chi connectivity index (χ1) is 5.25. The Morgan fingerprint density at radius 2 is 2.55 bits per heavy atom. The van der Waals surface area contributed by atoms with Crippen molar-refractivity contribution in [3.05, 3.63) is 17.7 Å². The lowest BCUT2D eigenvalue weighted by Crippen LogP contribution is -1.91. The van der Waals surface area contributed by atoms with Gasteiger partial charge in [0.05, 0.1) is 12.0 Å². The molecule has 0 bridgehead atoms. The van der Waals surface area contributed by atoms with Gasteiger partial charge in [-0.05, 0) is 13.8 Å². The van der Waals surface area contributed by atoms with Crippen LogP contribution in [0, 0.1) is 6.92 Å². The summed E-state index contributed by atoms with van der Waals surface area (Å²) in [5.41, 5.74) is 1.74. The smallest absolute Gasteiger partial charge is 0.235 e. The molecule has 0 aliphatic carbocycles. The first kappa shape index (κ1) is 7.69. The van der Waals surface area contributed by atoms with Gasteiger partial charge in [-0.15, -0.1) is 0 Å². The molecule has 0 aliphatic rings. The van der Waals surface area contributed by atoms with Gasteiger partial charge in [0.2, 0.25) is 6.08 Å². The van der Waals surface area contributed by atoms with Crippen LogP contribution in [-0.4, -0.2) is 16.0 Å². The van der Waals surface area contributed by atoms with E-state index in [0.29, 0.717) is 0 Å². The van der Waals surface area contributed by atoms with E-state index in [-0.39, 0.29) is 6.04 Å². The van der Waals surface area contributed by atoms with E-state index in [1.165, 1.54) is 6.08 Å². The van der Waals surface area contributed by atoms with Crippen molar-refractivity contribution in [3.63, 3.8) is 0 Å². The van der Waals surface area contributed by atoms with Gasteiger partial charge in [-0.25, -0.2) is 9.78 Å². The van der Waals surface area contributed by atoms with Gasteiger partial charge in [-0.3, -0.25) is 0 Å². The first-order valence-electron chi connectivity index (χ1n) is 3.32. The third-order valence-corrected chi connectivity index (χ3v) is 1.51. The Morgan fingerprint density at radius 1 is 1.82 bits per heavy atom. The van der Waals surface area contributed by atoms with Gasteiger partial charge in [0.25, 0.3) is 0 Å². The minimum Gasteiger partial charge on any atom is -0.348 e. The summed E-state index contributed by atoms with van der Waals surface area (Å²) in [5, 5.41) is 0. The number of rotatable bonds is 2. The van der Waals surface area contributed by atoms with E-state index in [9.17, 15) is 4.79 Å². The Labute approximate surface area is 64.4 Å². The van der Waals surface area contributed by atoms with Crippen LogP contribution in [-0.2, 0) is 4.79 Å². The number of aliphatic imine (C=N–C) groups is 1. The number of nitrogens with one attached hydrogen (secondary N) is 1. The van der Waals surface area contributed by atoms with Gasteiger partial charge >= 0.3 is 0 Å². The number of isocyanates is 1. The van der Waals surface area contributed by atoms with E-state index in [1.807, 2.05) is 6.92 Å². The summed E-state index contributed by atoms with van der Waals surface area (Å²) < 4.78 is 0. The Morgan fingerprint density at radius 3 is 3.00 bits per heavy atom. The van der Waals surface area contributed by atoms with Crippen molar-refractivity contribution in [3.8, 4) is 0 Å². The fourth-order valence-corrected chi connectivity index (χ4v) is 0.931. The molecule has 0 aromatic carbocycles. The topological polar surface area (TPSA) is 58.1 Å². The standard InChI is InChI=1S/C7H9N3O/c1-5-7(9-3-8-5)6(2)10-4-11/h3,6H,1-2H3,(H,8,9). The Bertz CT molecular complexity index is 286. The Balaban J connectivity index is 2.92. The van der Waals surface area contributed by atoms with Crippen molar-refractivity contribution in [1.82, 2.24) is 9.97 Å². The number of hydrogen-bond donors (Lipinski definition) is 1. The monoisotopic (exact) mass is 151 g/mol. The van der Waals surface area contributed by atoms with Gasteiger partial charge in [0, 0.05) is 5.69 Å². The zero-order chi connectivity index (χ0) is 8.27. The third kappa shape index (κ3) is 1.53. The summed E-state index contributed by atoms with van der Waals surface area (Å²) in [6.45, 7) is 3.69. The van der Waals surface area contributed by atoms with Crippen molar-refractivity contribution in [2.45, 2.75) is 19.9 Å². The zero-order valence-electron chi connectivity index (χ0n) is 6.46. The average molecular weight is 151 g/mol. The van der Waals surface area contributed by atoms with Crippen LogP contribution < -0.4 is 0 Å². The number of carbonyl (C=O) groups excluding carboxylic acids is 1. The largest absolute Gasteiger partial charge is 0.348 e. The van der Waals surface area contributed by atoms with Crippen molar-refractivity contribution in [2.75, 3.05) is 0 Å². The molecule has 1 unspecified atom stereocenters. The molecule has 0 fully saturated rings. The molecule has 11 heavy (non-hydrogen) atoms. The van der Waals surface area contributed by atoms with E-state index in [4.69, 9.17) is 0 Å². The maximum Gasteiger partial charge on any atom is 0.235 e. The second kappa shape index (κ2) is 3.12. The normalized spacial score (nSPS) is 12.2. The predicted octanol–water partition coefficient (Wildman–Crippen LogP) is 1.11. The molecule has 0 amide bonds. The second-order valence-electron chi connectivity index (χ2n) is 2.31. The van der Waals surface area contributed by atoms with Gasteiger partial charge in [-0.1, -0.05) is 0 Å². The van der Waals surface area contributed by atoms with E-state index in [2.05, 4.69) is 15.0 Å². The number of nitrogens with zero attached hydrogens (tertiary/aromatic N) is 2. The summed E-state index contributed by atoms with van der Waals surface area (Å²) in [5.74, 6) is 0. The van der Waals surface area contributed by atoms with Crippen LogP contribution in [0.1, 0.15) is 24.4 Å². The average Bonchev–Trinajstić information content (AvgIpc) is 2.36. The van der Waals surface area contributed by atoms with E-state index >= 15 is 0 Å². The summed E-state index contributed by atoms with van der Waals surface area (Å²) >= 11 is 0. The molecule has 1 rings (SSSR count). The minimum absolute atomic E-state index is 0.196. The maximum atomic E-state index is 9.89. The molecule has 0 saturated carbocycles. The summed E-state index contributed by atoms with van der Waals surface area (Å²) in [4.78, 5) is 20.3. The van der Waals surface area contributed by atoms with E-state index in [0.717, 1.165) is 11.4 Å². The first-order valence-corrected chi connectivity index (χ1v) is 3.32. The fraction of sp³-hybridized carbons (Fsp3) is 0.429. The van der Waals surface area contributed by atoms with Crippen LogP contribution in [0.25, 0.3) is 0 Å². The number of H-pyrrole nitrogens is 1. The molecule has 1 aromatic heterocycles. The molecular formula is C7H9N3O. The highest BCUT2D eigenvalue weighted by Gasteiger charge is 2.08. The maximum absolute atomic E-state index is 9.89. The third-order valence-electron chi connectivity index (χ3n) is 1.51. The molecule has 4 nitrogen and oxygen atoms in total. The van der Waals surface area contributed by atoms with Crippen LogP contribution in [0.15, 0.2) is 11.3 Å². The number of aromatic amines is 1. The van der Waals surface area contributed by atoms with E-state index < -0.39 is 0 Å². The predicted molar refractivity (Wildman–Crippen MR) is 39.9 cm³/mol.